The van der Waals surface area contributed by atoms with Crippen LogP contribution in [0.2, 0.25) is 0 Å². The van der Waals surface area contributed by atoms with Crippen molar-refractivity contribution in [1.29, 1.82) is 0 Å². The second-order valence-corrected chi connectivity index (χ2v) is 6.24. The first kappa shape index (κ1) is 12.7. The number of thiazole rings is 1. The molecule has 0 aliphatic carbocycles. The summed E-state index contributed by atoms with van der Waals surface area (Å²) in [5.41, 5.74) is 0.310. The molecule has 0 aromatic carbocycles. The maximum atomic E-state index is 4.40. The van der Waals surface area contributed by atoms with Gasteiger partial charge in [0.2, 0.25) is 0 Å². The fourth-order valence-corrected chi connectivity index (χ4v) is 1.95. The maximum absolute atomic E-state index is 4.40. The lowest BCUT2D eigenvalue weighted by Gasteiger charge is -2.27. The zero-order valence-corrected chi connectivity index (χ0v) is 11.2. The zero-order chi connectivity index (χ0) is 11.5. The Kier molecular flexibility index (Phi) is 4.29. The summed E-state index contributed by atoms with van der Waals surface area (Å²) in [5, 5.41) is 4.72. The molecule has 0 radical (unpaired) electrons. The predicted molar refractivity (Wildman–Crippen MR) is 67.2 cm³/mol. The molecule has 2 nitrogen and oxygen atoms in total. The minimum atomic E-state index is 0.310. The molecule has 1 aromatic heterocycles. The molecule has 1 atom stereocenters. The molecule has 1 heterocycles. The Morgan fingerprint density at radius 1 is 1.47 bits per heavy atom. The molecule has 1 aromatic rings. The van der Waals surface area contributed by atoms with E-state index in [1.807, 2.05) is 17.5 Å². The summed E-state index contributed by atoms with van der Waals surface area (Å²) < 4.78 is 0. The van der Waals surface area contributed by atoms with Crippen molar-refractivity contribution in [2.24, 2.45) is 5.41 Å². The molecule has 86 valence electrons. The highest BCUT2D eigenvalue weighted by molar-refractivity contribution is 7.11. The molecule has 1 N–H and O–H groups in total. The second kappa shape index (κ2) is 5.08. The van der Waals surface area contributed by atoms with Crippen molar-refractivity contribution in [3.63, 3.8) is 0 Å². The van der Waals surface area contributed by atoms with Gasteiger partial charge in [-0.1, -0.05) is 27.7 Å². The molecule has 0 amide bonds. The van der Waals surface area contributed by atoms with Gasteiger partial charge in [-0.15, -0.1) is 11.3 Å². The summed E-state index contributed by atoms with van der Waals surface area (Å²) in [5.74, 6) is 0. The lowest BCUT2D eigenvalue weighted by Crippen LogP contribution is -2.37. The monoisotopic (exact) mass is 226 g/mol. The van der Waals surface area contributed by atoms with Gasteiger partial charge in [0.15, 0.2) is 0 Å². The predicted octanol–water partition coefficient (Wildman–Crippen LogP) is 3.23. The van der Waals surface area contributed by atoms with Gasteiger partial charge in [0, 0.05) is 23.7 Å². The number of aryl methyl sites for hydroxylation is 1. The van der Waals surface area contributed by atoms with Crippen LogP contribution >= 0.6 is 11.3 Å². The van der Waals surface area contributed by atoms with Crippen LogP contribution in [0.25, 0.3) is 0 Å². The Morgan fingerprint density at radius 2 is 2.13 bits per heavy atom. The second-order valence-electron chi connectivity index (χ2n) is 5.04. The zero-order valence-electron chi connectivity index (χ0n) is 10.4. The van der Waals surface area contributed by atoms with Gasteiger partial charge in [0.1, 0.15) is 5.01 Å². The number of nitrogens with one attached hydrogen (secondary N) is 1. The molecule has 0 aliphatic rings. The van der Waals surface area contributed by atoms with E-state index in [-0.39, 0.29) is 0 Å². The minimum absolute atomic E-state index is 0.310. The van der Waals surface area contributed by atoms with Gasteiger partial charge in [-0.2, -0.15) is 0 Å². The standard InChI is InChI=1S/C12H22N2S/c1-6-10-7-14-11(15-10)8-13-9(2)12(3,4)5/h7,9,13H,6,8H2,1-5H3. The summed E-state index contributed by atoms with van der Waals surface area (Å²) in [6.45, 7) is 12.1. The first-order chi connectivity index (χ1) is 6.93. The molecular formula is C12H22N2S. The average Bonchev–Trinajstić information content (AvgIpc) is 2.60. The highest BCUT2D eigenvalue weighted by atomic mass is 32.1. The number of aromatic nitrogens is 1. The fraction of sp³-hybridized carbons (Fsp3) is 0.750. The average molecular weight is 226 g/mol. The molecule has 3 heteroatoms. The number of hydrogen-bond donors (Lipinski definition) is 1. The molecule has 0 bridgehead atoms. The normalized spacial score (nSPS) is 14.2. The van der Waals surface area contributed by atoms with Gasteiger partial charge in [-0.05, 0) is 18.8 Å². The first-order valence-corrected chi connectivity index (χ1v) is 6.42. The smallest absolute Gasteiger partial charge is 0.107 e. The van der Waals surface area contributed by atoms with Crippen molar-refractivity contribution >= 4 is 11.3 Å². The molecule has 0 fully saturated rings. The third-order valence-corrected chi connectivity index (χ3v) is 3.95. The molecule has 0 spiro atoms. The van der Waals surface area contributed by atoms with E-state index in [1.54, 1.807) is 0 Å². The quantitative estimate of drug-likeness (QED) is 0.852. The molecule has 0 saturated carbocycles. The molecule has 1 unspecified atom stereocenters. The maximum Gasteiger partial charge on any atom is 0.107 e. The van der Waals surface area contributed by atoms with Crippen LogP contribution < -0.4 is 5.32 Å². The molecule has 1 rings (SSSR count). The van der Waals surface area contributed by atoms with Crippen LogP contribution in [0.15, 0.2) is 6.20 Å². The number of nitrogens with zero attached hydrogens (tertiary/aromatic N) is 1. The van der Waals surface area contributed by atoms with Gasteiger partial charge < -0.3 is 5.32 Å². The fourth-order valence-electron chi connectivity index (χ4n) is 1.14. The lowest BCUT2D eigenvalue weighted by atomic mass is 9.88. The Morgan fingerprint density at radius 3 is 2.60 bits per heavy atom. The number of hydrogen-bond acceptors (Lipinski definition) is 3. The molecule has 15 heavy (non-hydrogen) atoms. The van der Waals surface area contributed by atoms with Crippen LogP contribution in [0.4, 0.5) is 0 Å². The minimum Gasteiger partial charge on any atom is -0.307 e. The third kappa shape index (κ3) is 3.92. The molecule has 0 aliphatic heterocycles. The van der Waals surface area contributed by atoms with Crippen molar-refractivity contribution in [1.82, 2.24) is 10.3 Å². The summed E-state index contributed by atoms with van der Waals surface area (Å²) in [7, 11) is 0. The SMILES string of the molecule is CCc1cnc(CNC(C)C(C)(C)C)s1. The Hall–Kier alpha value is -0.410. The Balaban J connectivity index is 2.43. The van der Waals surface area contributed by atoms with Crippen molar-refractivity contribution in [2.45, 2.75) is 53.6 Å². The summed E-state index contributed by atoms with van der Waals surface area (Å²) >= 11 is 1.81. The molecule has 0 saturated heterocycles. The first-order valence-electron chi connectivity index (χ1n) is 5.60. The van der Waals surface area contributed by atoms with E-state index in [0.717, 1.165) is 13.0 Å². The van der Waals surface area contributed by atoms with E-state index in [2.05, 4.69) is 44.9 Å². The van der Waals surface area contributed by atoms with Gasteiger partial charge in [0.25, 0.3) is 0 Å². The largest absolute Gasteiger partial charge is 0.307 e. The van der Waals surface area contributed by atoms with E-state index in [9.17, 15) is 0 Å². The van der Waals surface area contributed by atoms with Crippen LogP contribution in [0.1, 0.15) is 44.5 Å². The highest BCUT2D eigenvalue weighted by Crippen LogP contribution is 2.19. The van der Waals surface area contributed by atoms with E-state index < -0.39 is 0 Å². The van der Waals surface area contributed by atoms with Crippen molar-refractivity contribution < 1.29 is 0 Å². The van der Waals surface area contributed by atoms with Crippen LogP contribution in [0.3, 0.4) is 0 Å². The van der Waals surface area contributed by atoms with Gasteiger partial charge >= 0.3 is 0 Å². The van der Waals surface area contributed by atoms with Gasteiger partial charge in [-0.25, -0.2) is 4.98 Å². The highest BCUT2D eigenvalue weighted by Gasteiger charge is 2.19. The van der Waals surface area contributed by atoms with Crippen LogP contribution in [-0.2, 0) is 13.0 Å². The van der Waals surface area contributed by atoms with E-state index in [1.165, 1.54) is 9.88 Å². The Labute approximate surface area is 97.1 Å². The summed E-state index contributed by atoms with van der Waals surface area (Å²) in [6.07, 6.45) is 3.08. The summed E-state index contributed by atoms with van der Waals surface area (Å²) in [4.78, 5) is 5.77. The number of rotatable bonds is 4. The molecular weight excluding hydrogens is 204 g/mol. The van der Waals surface area contributed by atoms with Crippen molar-refractivity contribution in [2.75, 3.05) is 0 Å². The van der Waals surface area contributed by atoms with Crippen molar-refractivity contribution in [3.05, 3.63) is 16.1 Å². The van der Waals surface area contributed by atoms with Gasteiger partial charge in [-0.3, -0.25) is 0 Å². The van der Waals surface area contributed by atoms with Crippen LogP contribution in [0, 0.1) is 5.41 Å². The van der Waals surface area contributed by atoms with Crippen LogP contribution in [0.5, 0.6) is 0 Å². The van der Waals surface area contributed by atoms with Crippen molar-refractivity contribution in [3.8, 4) is 0 Å². The van der Waals surface area contributed by atoms with Crippen LogP contribution in [-0.4, -0.2) is 11.0 Å². The summed E-state index contributed by atoms with van der Waals surface area (Å²) in [6, 6.07) is 0.506. The van der Waals surface area contributed by atoms with E-state index in [4.69, 9.17) is 0 Å². The lowest BCUT2D eigenvalue weighted by molar-refractivity contribution is 0.285. The van der Waals surface area contributed by atoms with Gasteiger partial charge in [0.05, 0.1) is 0 Å². The van der Waals surface area contributed by atoms with E-state index >= 15 is 0 Å². The third-order valence-electron chi connectivity index (χ3n) is 2.81. The van der Waals surface area contributed by atoms with E-state index in [0.29, 0.717) is 11.5 Å². The topological polar surface area (TPSA) is 24.9 Å². The Bertz CT molecular complexity index is 299.